The van der Waals surface area contributed by atoms with Crippen LogP contribution in [0.15, 0.2) is 22.1 Å². The van der Waals surface area contributed by atoms with Crippen molar-refractivity contribution < 1.29 is 0 Å². The predicted octanol–water partition coefficient (Wildman–Crippen LogP) is 1.48. The first-order valence-electron chi connectivity index (χ1n) is 3.10. The van der Waals surface area contributed by atoms with Crippen molar-refractivity contribution in [1.82, 2.24) is 4.98 Å². The van der Waals surface area contributed by atoms with E-state index in [9.17, 15) is 4.79 Å². The Labute approximate surface area is 81.7 Å². The fraction of sp³-hybridized carbons (Fsp3) is 0.143. The van der Waals surface area contributed by atoms with Gasteiger partial charge >= 0.3 is 0 Å². The molecule has 1 aliphatic heterocycles. The Balaban J connectivity index is 0.000000605. The van der Waals surface area contributed by atoms with Crippen LogP contribution in [0.25, 0.3) is 0 Å². The standard InChI is InChI=1S/C7H6N2O.2ClH/c10-7-3-5-1-2-8-6(5)4-9-7;;/h2-4H,1H2,(H,9,10);2*1H. The van der Waals surface area contributed by atoms with Crippen LogP contribution in [-0.2, 0) is 6.42 Å². The Hall–Kier alpha value is -0.800. The summed E-state index contributed by atoms with van der Waals surface area (Å²) in [5.74, 6) is 0. The number of halogens is 2. The van der Waals surface area contributed by atoms with E-state index in [1.165, 1.54) is 0 Å². The molecule has 2 heterocycles. The summed E-state index contributed by atoms with van der Waals surface area (Å²) in [4.78, 5) is 17.3. The van der Waals surface area contributed by atoms with E-state index < -0.39 is 0 Å². The summed E-state index contributed by atoms with van der Waals surface area (Å²) < 4.78 is 0. The highest BCUT2D eigenvalue weighted by Gasteiger charge is 2.04. The molecule has 1 aliphatic rings. The molecule has 3 nitrogen and oxygen atoms in total. The normalized spacial score (nSPS) is 11.3. The van der Waals surface area contributed by atoms with E-state index in [4.69, 9.17) is 0 Å². The SMILES string of the molecule is Cl.Cl.O=c1cc2c(c[nH]1)N=CC2. The van der Waals surface area contributed by atoms with E-state index in [0.717, 1.165) is 17.7 Å². The maximum Gasteiger partial charge on any atom is 0.248 e. The first kappa shape index (κ1) is 11.2. The van der Waals surface area contributed by atoms with Crippen LogP contribution >= 0.6 is 24.8 Å². The molecular weight excluding hydrogens is 199 g/mol. The van der Waals surface area contributed by atoms with Crippen LogP contribution in [0.2, 0.25) is 0 Å². The van der Waals surface area contributed by atoms with Crippen molar-refractivity contribution >= 4 is 36.7 Å². The predicted molar refractivity (Wildman–Crippen MR) is 53.4 cm³/mol. The molecule has 0 atom stereocenters. The first-order chi connectivity index (χ1) is 4.86. The quantitative estimate of drug-likeness (QED) is 0.687. The molecule has 2 rings (SSSR count). The third kappa shape index (κ3) is 1.87. The molecule has 0 radical (unpaired) electrons. The summed E-state index contributed by atoms with van der Waals surface area (Å²) in [7, 11) is 0. The van der Waals surface area contributed by atoms with Gasteiger partial charge in [-0.1, -0.05) is 0 Å². The van der Waals surface area contributed by atoms with Gasteiger partial charge in [-0.2, -0.15) is 0 Å². The largest absolute Gasteiger partial charge is 0.327 e. The van der Waals surface area contributed by atoms with Crippen LogP contribution in [0.4, 0.5) is 5.69 Å². The molecule has 0 saturated carbocycles. The highest BCUT2D eigenvalue weighted by atomic mass is 35.5. The Morgan fingerprint density at radius 2 is 2.17 bits per heavy atom. The van der Waals surface area contributed by atoms with Crippen LogP contribution in [0.3, 0.4) is 0 Å². The smallest absolute Gasteiger partial charge is 0.248 e. The minimum atomic E-state index is -0.0516. The Kier molecular flexibility index (Phi) is 4.00. The number of rotatable bonds is 0. The van der Waals surface area contributed by atoms with Crippen LogP contribution in [0.5, 0.6) is 0 Å². The second kappa shape index (κ2) is 4.28. The molecule has 1 aromatic rings. The minimum absolute atomic E-state index is 0. The van der Waals surface area contributed by atoms with Crippen molar-refractivity contribution in [2.75, 3.05) is 0 Å². The highest BCUT2D eigenvalue weighted by Crippen LogP contribution is 2.19. The second-order valence-electron chi connectivity index (χ2n) is 2.22. The summed E-state index contributed by atoms with van der Waals surface area (Å²) in [6.07, 6.45) is 4.23. The van der Waals surface area contributed by atoms with Gasteiger partial charge in [0.05, 0.1) is 5.69 Å². The topological polar surface area (TPSA) is 45.2 Å². The molecule has 0 unspecified atom stereocenters. The van der Waals surface area contributed by atoms with Crippen LogP contribution in [0.1, 0.15) is 5.56 Å². The van der Waals surface area contributed by atoms with Gasteiger partial charge in [-0.3, -0.25) is 9.79 Å². The van der Waals surface area contributed by atoms with E-state index >= 15 is 0 Å². The van der Waals surface area contributed by atoms with E-state index in [1.54, 1.807) is 18.5 Å². The molecular formula is C7H8Cl2N2O. The van der Waals surface area contributed by atoms with Crippen molar-refractivity contribution in [2.24, 2.45) is 4.99 Å². The number of hydrogen-bond acceptors (Lipinski definition) is 2. The highest BCUT2D eigenvalue weighted by molar-refractivity contribution is 5.85. The van der Waals surface area contributed by atoms with Crippen molar-refractivity contribution in [3.63, 3.8) is 0 Å². The van der Waals surface area contributed by atoms with Crippen LogP contribution in [-0.4, -0.2) is 11.2 Å². The summed E-state index contributed by atoms with van der Waals surface area (Å²) in [6.45, 7) is 0. The zero-order valence-electron chi connectivity index (χ0n) is 6.11. The van der Waals surface area contributed by atoms with E-state index in [-0.39, 0.29) is 30.4 Å². The Morgan fingerprint density at radius 3 is 2.92 bits per heavy atom. The molecule has 1 aromatic heterocycles. The number of H-pyrrole nitrogens is 1. The molecule has 0 amide bonds. The zero-order valence-corrected chi connectivity index (χ0v) is 7.74. The number of aromatic nitrogens is 1. The van der Waals surface area contributed by atoms with E-state index in [2.05, 4.69) is 9.98 Å². The summed E-state index contributed by atoms with van der Waals surface area (Å²) in [5, 5.41) is 0. The fourth-order valence-electron chi connectivity index (χ4n) is 1.03. The number of aromatic amines is 1. The molecule has 0 aromatic carbocycles. The Morgan fingerprint density at radius 1 is 1.42 bits per heavy atom. The van der Waals surface area contributed by atoms with Crippen molar-refractivity contribution in [2.45, 2.75) is 6.42 Å². The molecule has 0 fully saturated rings. The average molecular weight is 207 g/mol. The second-order valence-corrected chi connectivity index (χ2v) is 2.22. The first-order valence-corrected chi connectivity index (χ1v) is 3.10. The van der Waals surface area contributed by atoms with Crippen LogP contribution in [0, 0.1) is 0 Å². The third-order valence-corrected chi connectivity index (χ3v) is 1.53. The van der Waals surface area contributed by atoms with Gasteiger partial charge in [-0.25, -0.2) is 0 Å². The van der Waals surface area contributed by atoms with Gasteiger partial charge in [-0.05, 0) is 5.56 Å². The molecule has 1 N–H and O–H groups in total. The molecule has 66 valence electrons. The summed E-state index contributed by atoms with van der Waals surface area (Å²) >= 11 is 0. The van der Waals surface area contributed by atoms with Gasteiger partial charge < -0.3 is 4.98 Å². The zero-order chi connectivity index (χ0) is 6.97. The monoisotopic (exact) mass is 206 g/mol. The average Bonchev–Trinajstić information content (AvgIpc) is 2.33. The molecule has 0 aliphatic carbocycles. The number of hydrogen-bond donors (Lipinski definition) is 1. The van der Waals surface area contributed by atoms with Gasteiger partial charge in [0.15, 0.2) is 0 Å². The fourth-order valence-corrected chi connectivity index (χ4v) is 1.03. The van der Waals surface area contributed by atoms with Gasteiger partial charge in [0.2, 0.25) is 5.56 Å². The van der Waals surface area contributed by atoms with Gasteiger partial charge in [0.25, 0.3) is 0 Å². The van der Waals surface area contributed by atoms with E-state index in [0.29, 0.717) is 0 Å². The summed E-state index contributed by atoms with van der Waals surface area (Å²) in [6, 6.07) is 1.59. The summed E-state index contributed by atoms with van der Waals surface area (Å²) in [5.41, 5.74) is 1.85. The van der Waals surface area contributed by atoms with Gasteiger partial charge in [0, 0.05) is 24.9 Å². The van der Waals surface area contributed by atoms with Crippen molar-refractivity contribution in [3.8, 4) is 0 Å². The molecule has 12 heavy (non-hydrogen) atoms. The lowest BCUT2D eigenvalue weighted by Gasteiger charge is -1.91. The molecule has 0 bridgehead atoms. The minimum Gasteiger partial charge on any atom is -0.327 e. The third-order valence-electron chi connectivity index (χ3n) is 1.53. The number of nitrogens with zero attached hydrogens (tertiary/aromatic N) is 1. The van der Waals surface area contributed by atoms with E-state index in [1.807, 2.05) is 0 Å². The lowest BCUT2D eigenvalue weighted by molar-refractivity contribution is 1.20. The van der Waals surface area contributed by atoms with Crippen LogP contribution < -0.4 is 5.56 Å². The number of nitrogens with one attached hydrogen (secondary N) is 1. The van der Waals surface area contributed by atoms with Crippen molar-refractivity contribution in [1.29, 1.82) is 0 Å². The number of pyridine rings is 1. The molecule has 5 heteroatoms. The lowest BCUT2D eigenvalue weighted by Crippen LogP contribution is -2.02. The van der Waals surface area contributed by atoms with Gasteiger partial charge in [0.1, 0.15) is 0 Å². The Bertz CT molecular complexity index is 346. The van der Waals surface area contributed by atoms with Gasteiger partial charge in [-0.15, -0.1) is 24.8 Å². The maximum atomic E-state index is 10.7. The number of fused-ring (bicyclic) bond motifs is 1. The number of aliphatic imine (C=N–C) groups is 1. The van der Waals surface area contributed by atoms with Crippen molar-refractivity contribution in [3.05, 3.63) is 28.2 Å². The maximum absolute atomic E-state index is 10.7. The molecule has 0 spiro atoms. The lowest BCUT2D eigenvalue weighted by atomic mass is 10.2. The molecule has 0 saturated heterocycles.